The number of hydrogen-bond acceptors (Lipinski definition) is 5. The smallest absolute Gasteiger partial charge is 0.255 e. The van der Waals surface area contributed by atoms with Crippen LogP contribution in [0.2, 0.25) is 0 Å². The van der Waals surface area contributed by atoms with Crippen LogP contribution >= 0.6 is 0 Å². The summed E-state index contributed by atoms with van der Waals surface area (Å²) in [5.74, 6) is 1.52. The number of pyridine rings is 1. The van der Waals surface area contributed by atoms with Crippen molar-refractivity contribution < 1.29 is 14.3 Å². The minimum atomic E-state index is 0.0477. The Morgan fingerprint density at radius 2 is 1.93 bits per heavy atom. The Balaban J connectivity index is 1.61. The number of carbonyl (C=O) groups is 1. The highest BCUT2D eigenvalue weighted by Crippen LogP contribution is 2.26. The van der Waals surface area contributed by atoms with Crippen LogP contribution in [0.5, 0.6) is 11.5 Å². The Morgan fingerprint density at radius 3 is 2.67 bits per heavy atom. The average Bonchev–Trinajstić information content (AvgIpc) is 3.38. The van der Waals surface area contributed by atoms with Gasteiger partial charge in [0.2, 0.25) is 0 Å². The van der Waals surface area contributed by atoms with E-state index in [-0.39, 0.29) is 5.91 Å². The molecule has 2 aromatic heterocycles. The van der Waals surface area contributed by atoms with E-state index in [4.69, 9.17) is 9.47 Å². The number of rotatable bonds is 5. The number of fused-ring (bicyclic) bond motifs is 1. The monoisotopic (exact) mass is 366 g/mol. The second kappa shape index (κ2) is 7.26. The third-order valence-corrected chi connectivity index (χ3v) is 4.93. The fourth-order valence-corrected chi connectivity index (χ4v) is 3.45. The summed E-state index contributed by atoms with van der Waals surface area (Å²) in [4.78, 5) is 19.0. The molecule has 0 radical (unpaired) electrons. The van der Waals surface area contributed by atoms with Gasteiger partial charge in [-0.15, -0.1) is 0 Å². The normalized spacial score (nSPS) is 13.9. The van der Waals surface area contributed by atoms with E-state index in [1.165, 1.54) is 0 Å². The molecule has 1 saturated heterocycles. The highest BCUT2D eigenvalue weighted by atomic mass is 16.5. The van der Waals surface area contributed by atoms with Crippen LogP contribution in [0.1, 0.15) is 28.8 Å². The number of ether oxygens (including phenoxy) is 2. The fraction of sp³-hybridized carbons (Fsp3) is 0.350. The van der Waals surface area contributed by atoms with Crippen molar-refractivity contribution in [1.29, 1.82) is 0 Å². The molecule has 1 amide bonds. The summed E-state index contributed by atoms with van der Waals surface area (Å²) in [5.41, 5.74) is 2.33. The maximum atomic E-state index is 12.6. The molecule has 0 aliphatic carbocycles. The van der Waals surface area contributed by atoms with Gasteiger partial charge in [-0.25, -0.2) is 9.67 Å². The van der Waals surface area contributed by atoms with E-state index in [9.17, 15) is 4.79 Å². The topological polar surface area (TPSA) is 69.5 Å². The maximum absolute atomic E-state index is 12.6. The second-order valence-corrected chi connectivity index (χ2v) is 6.62. The number of amides is 1. The summed E-state index contributed by atoms with van der Waals surface area (Å²) in [5, 5.41) is 5.30. The number of hydrogen-bond donors (Lipinski definition) is 0. The number of aromatic nitrogens is 3. The fourth-order valence-electron chi connectivity index (χ4n) is 3.45. The van der Waals surface area contributed by atoms with Gasteiger partial charge in [0.1, 0.15) is 11.5 Å². The molecule has 140 valence electrons. The summed E-state index contributed by atoms with van der Waals surface area (Å²) in [6, 6.07) is 7.57. The number of carbonyl (C=O) groups excluding carboxylic acids is 1. The summed E-state index contributed by atoms with van der Waals surface area (Å²) in [6.45, 7) is 2.17. The lowest BCUT2D eigenvalue weighted by Gasteiger charge is -2.15. The standard InChI is InChI=1S/C20H22N4O3/c1-26-17-6-5-14(18(10-17)27-2)13-24-19-15(12-22-24)9-16(11-21-19)20(25)23-7-3-4-8-23/h5-6,9-12H,3-4,7-8,13H2,1-2H3. The van der Waals surface area contributed by atoms with Crippen LogP contribution in [-0.4, -0.2) is 52.9 Å². The zero-order valence-electron chi connectivity index (χ0n) is 15.5. The largest absolute Gasteiger partial charge is 0.497 e. The molecule has 0 atom stereocenters. The quantitative estimate of drug-likeness (QED) is 0.694. The molecule has 4 rings (SSSR count). The number of methoxy groups -OCH3 is 2. The molecule has 1 aromatic carbocycles. The highest BCUT2D eigenvalue weighted by Gasteiger charge is 2.20. The van der Waals surface area contributed by atoms with E-state index in [1.54, 1.807) is 26.6 Å². The average molecular weight is 366 g/mol. The minimum absolute atomic E-state index is 0.0477. The summed E-state index contributed by atoms with van der Waals surface area (Å²) < 4.78 is 12.5. The summed E-state index contributed by atoms with van der Waals surface area (Å²) in [7, 11) is 3.26. The van der Waals surface area contributed by atoms with Crippen LogP contribution in [0.4, 0.5) is 0 Å². The first-order valence-corrected chi connectivity index (χ1v) is 9.01. The first kappa shape index (κ1) is 17.3. The van der Waals surface area contributed by atoms with Crippen LogP contribution < -0.4 is 9.47 Å². The van der Waals surface area contributed by atoms with Gasteiger partial charge >= 0.3 is 0 Å². The molecule has 1 aliphatic rings. The molecular formula is C20H22N4O3. The predicted octanol–water partition coefficient (Wildman–Crippen LogP) is 2.73. The van der Waals surface area contributed by atoms with Gasteiger partial charge in [-0.2, -0.15) is 5.10 Å². The molecule has 3 aromatic rings. The van der Waals surface area contributed by atoms with Gasteiger partial charge in [0.25, 0.3) is 5.91 Å². The molecule has 0 N–H and O–H groups in total. The van der Waals surface area contributed by atoms with Crippen molar-refractivity contribution in [3.05, 3.63) is 47.8 Å². The Kier molecular flexibility index (Phi) is 4.66. The van der Waals surface area contributed by atoms with E-state index < -0.39 is 0 Å². The van der Waals surface area contributed by atoms with E-state index in [1.807, 2.05) is 33.8 Å². The van der Waals surface area contributed by atoms with Crippen molar-refractivity contribution in [3.63, 3.8) is 0 Å². The highest BCUT2D eigenvalue weighted by molar-refractivity contribution is 5.97. The SMILES string of the molecule is COc1ccc(Cn2ncc3cc(C(=O)N4CCCC4)cnc32)c(OC)c1. The van der Waals surface area contributed by atoms with E-state index in [0.29, 0.717) is 12.1 Å². The zero-order valence-corrected chi connectivity index (χ0v) is 15.5. The van der Waals surface area contributed by atoms with Gasteiger partial charge in [0.15, 0.2) is 5.65 Å². The zero-order chi connectivity index (χ0) is 18.8. The Hall–Kier alpha value is -3.09. The van der Waals surface area contributed by atoms with Gasteiger partial charge in [-0.1, -0.05) is 0 Å². The lowest BCUT2D eigenvalue weighted by molar-refractivity contribution is 0.0792. The Morgan fingerprint density at radius 1 is 1.11 bits per heavy atom. The van der Waals surface area contributed by atoms with Gasteiger partial charge in [-0.05, 0) is 31.0 Å². The molecule has 1 fully saturated rings. The lowest BCUT2D eigenvalue weighted by atomic mass is 10.2. The molecule has 27 heavy (non-hydrogen) atoms. The molecule has 1 aliphatic heterocycles. The van der Waals surface area contributed by atoms with Crippen molar-refractivity contribution in [2.24, 2.45) is 0 Å². The second-order valence-electron chi connectivity index (χ2n) is 6.62. The van der Waals surface area contributed by atoms with Crippen molar-refractivity contribution in [2.45, 2.75) is 19.4 Å². The number of likely N-dealkylation sites (tertiary alicyclic amines) is 1. The van der Waals surface area contributed by atoms with E-state index >= 15 is 0 Å². The summed E-state index contributed by atoms with van der Waals surface area (Å²) in [6.07, 6.45) is 5.54. The van der Waals surface area contributed by atoms with Crippen molar-refractivity contribution in [1.82, 2.24) is 19.7 Å². The molecule has 0 spiro atoms. The summed E-state index contributed by atoms with van der Waals surface area (Å²) >= 11 is 0. The van der Waals surface area contributed by atoms with Crippen LogP contribution in [-0.2, 0) is 6.54 Å². The molecule has 3 heterocycles. The number of nitrogens with zero attached hydrogens (tertiary/aromatic N) is 4. The first-order chi connectivity index (χ1) is 13.2. The first-order valence-electron chi connectivity index (χ1n) is 9.01. The molecule has 0 saturated carbocycles. The van der Waals surface area contributed by atoms with Crippen LogP contribution in [0, 0.1) is 0 Å². The van der Waals surface area contributed by atoms with Gasteiger partial charge in [0.05, 0.1) is 32.5 Å². The maximum Gasteiger partial charge on any atom is 0.255 e. The van der Waals surface area contributed by atoms with E-state index in [2.05, 4.69) is 10.1 Å². The van der Waals surface area contributed by atoms with Crippen LogP contribution in [0.15, 0.2) is 36.7 Å². The molecular weight excluding hydrogens is 344 g/mol. The minimum Gasteiger partial charge on any atom is -0.497 e. The third kappa shape index (κ3) is 3.32. The van der Waals surface area contributed by atoms with Crippen molar-refractivity contribution in [3.8, 4) is 11.5 Å². The van der Waals surface area contributed by atoms with Gasteiger partial charge < -0.3 is 14.4 Å². The van der Waals surface area contributed by atoms with Gasteiger partial charge in [0, 0.05) is 36.3 Å². The predicted molar refractivity (Wildman–Crippen MR) is 101 cm³/mol. The Bertz CT molecular complexity index is 977. The van der Waals surface area contributed by atoms with E-state index in [0.717, 1.165) is 54.0 Å². The molecule has 7 heteroatoms. The Labute approximate surface area is 157 Å². The van der Waals surface area contributed by atoms with Crippen molar-refractivity contribution >= 4 is 16.9 Å². The van der Waals surface area contributed by atoms with Gasteiger partial charge in [-0.3, -0.25) is 4.79 Å². The molecule has 0 bridgehead atoms. The number of benzene rings is 1. The van der Waals surface area contributed by atoms with Crippen LogP contribution in [0.3, 0.4) is 0 Å². The molecule has 0 unspecified atom stereocenters. The van der Waals surface area contributed by atoms with Crippen LogP contribution in [0.25, 0.3) is 11.0 Å². The third-order valence-electron chi connectivity index (χ3n) is 4.93. The lowest BCUT2D eigenvalue weighted by Crippen LogP contribution is -2.27. The molecule has 7 nitrogen and oxygen atoms in total. The van der Waals surface area contributed by atoms with Crippen molar-refractivity contribution in [2.75, 3.05) is 27.3 Å².